The summed E-state index contributed by atoms with van der Waals surface area (Å²) in [6.07, 6.45) is 0. The monoisotopic (exact) mass is 547 g/mol. The molecule has 0 spiro atoms. The Kier molecular flexibility index (Phi) is 7.37. The summed E-state index contributed by atoms with van der Waals surface area (Å²) in [6.45, 7) is 0.452. The number of carbonyl (C=O) groups excluding carboxylic acids is 1. The average Bonchev–Trinajstić information content (AvgIpc) is 3.33. The van der Waals surface area contributed by atoms with Crippen molar-refractivity contribution in [3.8, 4) is 17.2 Å². The number of ether oxygens (including phenoxy) is 1. The van der Waals surface area contributed by atoms with E-state index in [4.69, 9.17) is 44.6 Å². The van der Waals surface area contributed by atoms with Gasteiger partial charge in [0.1, 0.15) is 17.9 Å². The van der Waals surface area contributed by atoms with Gasteiger partial charge in [0.15, 0.2) is 10.7 Å². The second kappa shape index (κ2) is 11.0. The van der Waals surface area contributed by atoms with Crippen LogP contribution in [0.4, 0.5) is 5.69 Å². The molecular formula is C28H19Cl2N3O3S. The molecule has 37 heavy (non-hydrogen) atoms. The molecule has 6 nitrogen and oxygen atoms in total. The number of hydrogen-bond acceptors (Lipinski definition) is 5. The largest absolute Gasteiger partial charge is 0.489 e. The molecule has 0 aliphatic carbocycles. The molecule has 184 valence electrons. The van der Waals surface area contributed by atoms with Crippen LogP contribution in [0, 0.1) is 0 Å². The van der Waals surface area contributed by atoms with E-state index in [0.717, 1.165) is 11.1 Å². The van der Waals surface area contributed by atoms with Crippen LogP contribution in [-0.4, -0.2) is 16.0 Å². The molecule has 0 atom stereocenters. The van der Waals surface area contributed by atoms with Crippen molar-refractivity contribution in [1.82, 2.24) is 10.3 Å². The Bertz CT molecular complexity index is 1570. The maximum Gasteiger partial charge on any atom is 0.257 e. The molecule has 0 radical (unpaired) electrons. The first-order valence-electron chi connectivity index (χ1n) is 11.2. The van der Waals surface area contributed by atoms with Gasteiger partial charge in [-0.1, -0.05) is 53.5 Å². The van der Waals surface area contributed by atoms with Crippen LogP contribution in [0.1, 0.15) is 15.9 Å². The van der Waals surface area contributed by atoms with E-state index < -0.39 is 0 Å². The number of aromatic nitrogens is 1. The fourth-order valence-corrected chi connectivity index (χ4v) is 4.29. The molecule has 1 aromatic heterocycles. The highest BCUT2D eigenvalue weighted by molar-refractivity contribution is 7.80. The number of anilines is 1. The number of halogens is 2. The molecule has 0 fully saturated rings. The Hall–Kier alpha value is -3.91. The summed E-state index contributed by atoms with van der Waals surface area (Å²) in [7, 11) is 0. The number of amides is 1. The Labute approximate surface area is 228 Å². The van der Waals surface area contributed by atoms with Gasteiger partial charge in [-0.15, -0.1) is 0 Å². The molecule has 0 aliphatic heterocycles. The van der Waals surface area contributed by atoms with Crippen molar-refractivity contribution >= 4 is 63.2 Å². The third-order valence-electron chi connectivity index (χ3n) is 5.39. The van der Waals surface area contributed by atoms with Crippen LogP contribution in [0.5, 0.6) is 5.75 Å². The molecule has 5 rings (SSSR count). The van der Waals surface area contributed by atoms with E-state index in [2.05, 4.69) is 15.6 Å². The summed E-state index contributed by atoms with van der Waals surface area (Å²) in [5, 5.41) is 6.74. The van der Waals surface area contributed by atoms with E-state index in [0.29, 0.717) is 50.6 Å². The van der Waals surface area contributed by atoms with Gasteiger partial charge in [-0.05, 0) is 78.4 Å². The molecule has 1 heterocycles. The van der Waals surface area contributed by atoms with Gasteiger partial charge in [0.05, 0.1) is 5.02 Å². The Morgan fingerprint density at radius 1 is 0.946 bits per heavy atom. The van der Waals surface area contributed by atoms with E-state index >= 15 is 0 Å². The Balaban J connectivity index is 1.16. The molecule has 4 aromatic carbocycles. The second-order valence-electron chi connectivity index (χ2n) is 8.04. The molecule has 5 aromatic rings. The minimum Gasteiger partial charge on any atom is -0.489 e. The number of carbonyl (C=O) groups is 1. The lowest BCUT2D eigenvalue weighted by molar-refractivity contribution is 0.0977. The fraction of sp³-hybridized carbons (Fsp3) is 0.0357. The lowest BCUT2D eigenvalue weighted by Crippen LogP contribution is -2.34. The first-order valence-corrected chi connectivity index (χ1v) is 12.4. The highest BCUT2D eigenvalue weighted by Gasteiger charge is 2.13. The first-order chi connectivity index (χ1) is 17.9. The van der Waals surface area contributed by atoms with Gasteiger partial charge in [0, 0.05) is 21.8 Å². The maximum atomic E-state index is 12.6. The molecule has 2 N–H and O–H groups in total. The van der Waals surface area contributed by atoms with E-state index in [-0.39, 0.29) is 11.0 Å². The van der Waals surface area contributed by atoms with Crippen molar-refractivity contribution in [3.63, 3.8) is 0 Å². The fourth-order valence-electron chi connectivity index (χ4n) is 3.56. The van der Waals surface area contributed by atoms with Gasteiger partial charge in [-0.3, -0.25) is 10.1 Å². The normalized spacial score (nSPS) is 10.8. The molecule has 0 saturated carbocycles. The summed E-state index contributed by atoms with van der Waals surface area (Å²) >= 11 is 17.5. The topological polar surface area (TPSA) is 76.4 Å². The highest BCUT2D eigenvalue weighted by atomic mass is 35.5. The van der Waals surface area contributed by atoms with Crippen LogP contribution in [0.15, 0.2) is 95.4 Å². The minimum atomic E-state index is -0.328. The third kappa shape index (κ3) is 6.09. The average molecular weight is 548 g/mol. The number of nitrogens with one attached hydrogen (secondary N) is 2. The predicted molar refractivity (Wildman–Crippen MR) is 150 cm³/mol. The van der Waals surface area contributed by atoms with Gasteiger partial charge in [-0.25, -0.2) is 4.98 Å². The maximum absolute atomic E-state index is 12.6. The van der Waals surface area contributed by atoms with Gasteiger partial charge >= 0.3 is 0 Å². The van der Waals surface area contributed by atoms with Crippen molar-refractivity contribution in [3.05, 3.63) is 112 Å². The van der Waals surface area contributed by atoms with Crippen LogP contribution in [0.2, 0.25) is 10.0 Å². The Morgan fingerprint density at radius 3 is 2.41 bits per heavy atom. The smallest absolute Gasteiger partial charge is 0.257 e. The highest BCUT2D eigenvalue weighted by Crippen LogP contribution is 2.32. The Morgan fingerprint density at radius 2 is 1.68 bits per heavy atom. The summed E-state index contributed by atoms with van der Waals surface area (Å²) in [6, 6.07) is 27.3. The number of nitrogens with zero attached hydrogens (tertiary/aromatic N) is 1. The van der Waals surface area contributed by atoms with Crippen molar-refractivity contribution in [2.75, 3.05) is 5.32 Å². The molecule has 0 bridgehead atoms. The van der Waals surface area contributed by atoms with Gasteiger partial charge in [-0.2, -0.15) is 0 Å². The summed E-state index contributed by atoms with van der Waals surface area (Å²) in [4.78, 5) is 17.0. The summed E-state index contributed by atoms with van der Waals surface area (Å²) in [5.41, 5.74) is 4.02. The van der Waals surface area contributed by atoms with Crippen LogP contribution in [-0.2, 0) is 6.61 Å². The summed E-state index contributed by atoms with van der Waals surface area (Å²) < 4.78 is 11.6. The zero-order valence-corrected chi connectivity index (χ0v) is 21.5. The number of rotatable bonds is 6. The predicted octanol–water partition coefficient (Wildman–Crippen LogP) is 7.51. The number of thiocarbonyl (C=S) groups is 1. The zero-order valence-electron chi connectivity index (χ0n) is 19.2. The van der Waals surface area contributed by atoms with Crippen molar-refractivity contribution in [2.24, 2.45) is 0 Å². The number of oxazole rings is 1. The van der Waals surface area contributed by atoms with Crippen molar-refractivity contribution < 1.29 is 13.9 Å². The minimum absolute atomic E-state index is 0.172. The molecular weight excluding hydrogens is 529 g/mol. The van der Waals surface area contributed by atoms with Gasteiger partial charge < -0.3 is 14.5 Å². The third-order valence-corrected chi connectivity index (χ3v) is 6.09. The van der Waals surface area contributed by atoms with E-state index in [1.165, 1.54) is 0 Å². The van der Waals surface area contributed by atoms with E-state index in [1.54, 1.807) is 48.5 Å². The van der Waals surface area contributed by atoms with Gasteiger partial charge in [0.2, 0.25) is 5.89 Å². The first kappa shape index (κ1) is 24.8. The molecule has 0 saturated heterocycles. The van der Waals surface area contributed by atoms with Crippen molar-refractivity contribution in [2.45, 2.75) is 6.61 Å². The number of fused-ring (bicyclic) bond motifs is 1. The van der Waals surface area contributed by atoms with Crippen LogP contribution in [0.3, 0.4) is 0 Å². The van der Waals surface area contributed by atoms with Gasteiger partial charge in [0.25, 0.3) is 5.91 Å². The van der Waals surface area contributed by atoms with Crippen LogP contribution in [0.25, 0.3) is 22.6 Å². The molecule has 0 aliphatic rings. The summed E-state index contributed by atoms with van der Waals surface area (Å²) in [5.74, 6) is 0.758. The van der Waals surface area contributed by atoms with E-state index in [9.17, 15) is 4.79 Å². The quantitative estimate of drug-likeness (QED) is 0.214. The van der Waals surface area contributed by atoms with Crippen LogP contribution >= 0.6 is 35.4 Å². The zero-order chi connectivity index (χ0) is 25.8. The second-order valence-corrected chi connectivity index (χ2v) is 9.29. The molecule has 0 unspecified atom stereocenters. The SMILES string of the molecule is O=C(NC(=S)Nc1ccc(-c2nc3cc(Cl)cc(Cl)c3o2)cc1)c1ccc(OCc2ccccc2)cc1. The molecule has 9 heteroatoms. The molecule has 1 amide bonds. The van der Waals surface area contributed by atoms with Crippen LogP contribution < -0.4 is 15.4 Å². The van der Waals surface area contributed by atoms with Crippen molar-refractivity contribution in [1.29, 1.82) is 0 Å². The lowest BCUT2D eigenvalue weighted by Gasteiger charge is -2.11. The standard InChI is InChI=1S/C28H19Cl2N3O3S/c29-20-14-23(30)25-24(15-20)32-27(36-25)19-6-10-21(11-7-19)31-28(37)33-26(34)18-8-12-22(13-9-18)35-16-17-4-2-1-3-5-17/h1-15H,16H2,(H2,31,33,34,37). The number of hydrogen-bond donors (Lipinski definition) is 2. The number of benzene rings is 4. The lowest BCUT2D eigenvalue weighted by atomic mass is 10.2. The van der Waals surface area contributed by atoms with E-state index in [1.807, 2.05) is 42.5 Å².